The number of nitrogens with zero attached hydrogens (tertiary/aromatic N) is 2. The second-order valence-corrected chi connectivity index (χ2v) is 6.62. The third-order valence-electron chi connectivity index (χ3n) is 4.41. The molecule has 1 aromatic rings. The number of carboxylic acids is 1. The lowest BCUT2D eigenvalue weighted by Gasteiger charge is -2.24. The highest BCUT2D eigenvalue weighted by Crippen LogP contribution is 2.47. The van der Waals surface area contributed by atoms with Crippen LogP contribution in [0, 0.1) is 5.41 Å². The number of carbonyl (C=O) groups excluding carboxylic acids is 2. The van der Waals surface area contributed by atoms with E-state index in [2.05, 4.69) is 0 Å². The summed E-state index contributed by atoms with van der Waals surface area (Å²) in [5, 5.41) is 12.9. The van der Waals surface area contributed by atoms with Crippen molar-refractivity contribution < 1.29 is 19.5 Å². The lowest BCUT2D eigenvalue weighted by Crippen LogP contribution is -2.43. The fourth-order valence-corrected chi connectivity index (χ4v) is 3.47. The molecule has 6 nitrogen and oxygen atoms in total. The summed E-state index contributed by atoms with van der Waals surface area (Å²) in [5.41, 5.74) is -0.513. The molecule has 2 amide bonds. The Bertz CT molecular complexity index is 595. The number of amides is 2. The third kappa shape index (κ3) is 2.61. The van der Waals surface area contributed by atoms with Gasteiger partial charge in [-0.25, -0.2) is 0 Å². The first kappa shape index (κ1) is 15.0. The van der Waals surface area contributed by atoms with Crippen LogP contribution >= 0.6 is 11.3 Å². The first-order valence-corrected chi connectivity index (χ1v) is 8.33. The fourth-order valence-electron chi connectivity index (χ4n) is 2.84. The van der Waals surface area contributed by atoms with Gasteiger partial charge >= 0.3 is 5.97 Å². The minimum atomic E-state index is -1.19. The van der Waals surface area contributed by atoms with Gasteiger partial charge in [0.2, 0.25) is 5.91 Å². The number of carbonyl (C=O) groups is 3. The van der Waals surface area contributed by atoms with E-state index >= 15 is 0 Å². The molecule has 22 heavy (non-hydrogen) atoms. The summed E-state index contributed by atoms with van der Waals surface area (Å²) in [6, 6.07) is 1.80. The van der Waals surface area contributed by atoms with Gasteiger partial charge in [-0.15, -0.1) is 0 Å². The van der Waals surface area contributed by atoms with Crippen molar-refractivity contribution >= 4 is 29.1 Å². The van der Waals surface area contributed by atoms with E-state index in [0.29, 0.717) is 51.0 Å². The molecule has 2 fully saturated rings. The summed E-state index contributed by atoms with van der Waals surface area (Å²) in [4.78, 5) is 39.4. The summed E-state index contributed by atoms with van der Waals surface area (Å²) in [7, 11) is 0. The zero-order valence-corrected chi connectivity index (χ0v) is 13.0. The molecule has 0 aromatic carbocycles. The van der Waals surface area contributed by atoms with Crippen molar-refractivity contribution in [3.63, 3.8) is 0 Å². The molecule has 3 rings (SSSR count). The van der Waals surface area contributed by atoms with Gasteiger partial charge in [0.05, 0.1) is 5.56 Å². The number of hydrogen-bond acceptors (Lipinski definition) is 4. The summed E-state index contributed by atoms with van der Waals surface area (Å²) in [5.74, 6) is -1.33. The van der Waals surface area contributed by atoms with Crippen LogP contribution in [0.1, 0.15) is 29.6 Å². The zero-order valence-electron chi connectivity index (χ0n) is 12.2. The number of hydrogen-bond donors (Lipinski definition) is 1. The topological polar surface area (TPSA) is 77.9 Å². The normalized spacial score (nSPS) is 20.4. The van der Waals surface area contributed by atoms with Crippen molar-refractivity contribution in [1.29, 1.82) is 0 Å². The predicted octanol–water partition coefficient (Wildman–Crippen LogP) is 1.29. The molecule has 0 atom stereocenters. The smallest absolute Gasteiger partial charge is 0.319 e. The van der Waals surface area contributed by atoms with E-state index in [-0.39, 0.29) is 11.8 Å². The van der Waals surface area contributed by atoms with E-state index < -0.39 is 11.4 Å². The highest BCUT2D eigenvalue weighted by molar-refractivity contribution is 7.08. The Balaban J connectivity index is 1.64. The van der Waals surface area contributed by atoms with Gasteiger partial charge in [0.15, 0.2) is 0 Å². The van der Waals surface area contributed by atoms with Crippen LogP contribution < -0.4 is 0 Å². The summed E-state index contributed by atoms with van der Waals surface area (Å²) < 4.78 is 0. The number of rotatable bonds is 3. The Morgan fingerprint density at radius 2 is 1.77 bits per heavy atom. The van der Waals surface area contributed by atoms with E-state index in [1.807, 2.05) is 10.8 Å². The molecule has 1 saturated carbocycles. The summed E-state index contributed by atoms with van der Waals surface area (Å²) in [6.45, 7) is 1.97. The molecule has 1 aliphatic carbocycles. The predicted molar refractivity (Wildman–Crippen MR) is 80.7 cm³/mol. The highest BCUT2D eigenvalue weighted by Gasteiger charge is 2.58. The average Bonchev–Trinajstić information content (AvgIpc) is 3.21. The van der Waals surface area contributed by atoms with Crippen LogP contribution in [0.4, 0.5) is 0 Å². The molecule has 1 aromatic heterocycles. The summed E-state index contributed by atoms with van der Waals surface area (Å²) >= 11 is 1.48. The molecule has 0 radical (unpaired) electrons. The maximum absolute atomic E-state index is 12.4. The van der Waals surface area contributed by atoms with Gasteiger partial charge in [-0.1, -0.05) is 0 Å². The van der Waals surface area contributed by atoms with Crippen molar-refractivity contribution in [2.24, 2.45) is 5.41 Å². The standard InChI is InChI=1S/C15H18N2O4S/c18-12(11-2-9-22-10-11)16-5-1-6-17(8-7-16)13(19)15(3-4-15)14(20)21/h2,9-10H,1,3-8H2,(H,20,21). The Morgan fingerprint density at radius 1 is 1.09 bits per heavy atom. The Labute approximate surface area is 132 Å². The SMILES string of the molecule is O=C(c1ccsc1)N1CCCN(C(=O)C2(C(=O)O)CC2)CC1. The van der Waals surface area contributed by atoms with E-state index in [0.717, 1.165) is 0 Å². The Morgan fingerprint density at radius 3 is 2.36 bits per heavy atom. The third-order valence-corrected chi connectivity index (χ3v) is 5.09. The first-order valence-electron chi connectivity index (χ1n) is 7.39. The molecule has 1 N–H and O–H groups in total. The van der Waals surface area contributed by atoms with Crippen molar-refractivity contribution in [2.45, 2.75) is 19.3 Å². The molecule has 0 bridgehead atoms. The van der Waals surface area contributed by atoms with Crippen molar-refractivity contribution in [2.75, 3.05) is 26.2 Å². The number of aliphatic carboxylic acids is 1. The van der Waals surface area contributed by atoms with E-state index in [9.17, 15) is 19.5 Å². The van der Waals surface area contributed by atoms with Crippen LogP contribution in [0.2, 0.25) is 0 Å². The molecule has 0 unspecified atom stereocenters. The highest BCUT2D eigenvalue weighted by atomic mass is 32.1. The Hall–Kier alpha value is -1.89. The van der Waals surface area contributed by atoms with Gasteiger partial charge < -0.3 is 14.9 Å². The molecular formula is C15H18N2O4S. The van der Waals surface area contributed by atoms with E-state index in [1.165, 1.54) is 11.3 Å². The lowest BCUT2D eigenvalue weighted by molar-refractivity contribution is -0.153. The average molecular weight is 322 g/mol. The largest absolute Gasteiger partial charge is 0.480 e. The molecule has 118 valence electrons. The van der Waals surface area contributed by atoms with Gasteiger partial charge in [-0.05, 0) is 30.7 Å². The van der Waals surface area contributed by atoms with Crippen molar-refractivity contribution in [3.8, 4) is 0 Å². The molecule has 1 aliphatic heterocycles. The van der Waals surface area contributed by atoms with Crippen molar-refractivity contribution in [1.82, 2.24) is 9.80 Å². The second kappa shape index (κ2) is 5.72. The fraction of sp³-hybridized carbons (Fsp3) is 0.533. The van der Waals surface area contributed by atoms with Gasteiger partial charge in [-0.2, -0.15) is 11.3 Å². The van der Waals surface area contributed by atoms with Crippen LogP contribution in [-0.4, -0.2) is 58.9 Å². The van der Waals surface area contributed by atoms with Crippen LogP contribution in [0.25, 0.3) is 0 Å². The zero-order chi connectivity index (χ0) is 15.7. The minimum Gasteiger partial charge on any atom is -0.480 e. The molecule has 1 saturated heterocycles. The lowest BCUT2D eigenvalue weighted by atomic mass is 10.1. The second-order valence-electron chi connectivity index (χ2n) is 5.84. The van der Waals surface area contributed by atoms with Crippen LogP contribution in [0.15, 0.2) is 16.8 Å². The summed E-state index contributed by atoms with van der Waals surface area (Å²) in [6.07, 6.45) is 1.53. The van der Waals surface area contributed by atoms with E-state index in [1.54, 1.807) is 15.9 Å². The monoisotopic (exact) mass is 322 g/mol. The first-order chi connectivity index (χ1) is 10.5. The van der Waals surface area contributed by atoms with Gasteiger partial charge in [0, 0.05) is 31.6 Å². The maximum Gasteiger partial charge on any atom is 0.319 e. The van der Waals surface area contributed by atoms with Crippen LogP contribution in [0.5, 0.6) is 0 Å². The maximum atomic E-state index is 12.4. The quantitative estimate of drug-likeness (QED) is 0.851. The van der Waals surface area contributed by atoms with Gasteiger partial charge in [0.25, 0.3) is 5.91 Å². The Kier molecular flexibility index (Phi) is 3.90. The van der Waals surface area contributed by atoms with Crippen LogP contribution in [0.3, 0.4) is 0 Å². The minimum absolute atomic E-state index is 0.0186. The molecular weight excluding hydrogens is 304 g/mol. The number of thiophene rings is 1. The van der Waals surface area contributed by atoms with Gasteiger partial charge in [-0.3, -0.25) is 14.4 Å². The number of carboxylic acid groups (broad SMARTS) is 1. The van der Waals surface area contributed by atoms with Gasteiger partial charge in [0.1, 0.15) is 5.41 Å². The molecule has 2 aliphatic rings. The molecule has 2 heterocycles. The molecule has 0 spiro atoms. The van der Waals surface area contributed by atoms with Crippen LogP contribution in [-0.2, 0) is 9.59 Å². The van der Waals surface area contributed by atoms with Crippen molar-refractivity contribution in [3.05, 3.63) is 22.4 Å². The van der Waals surface area contributed by atoms with E-state index in [4.69, 9.17) is 0 Å². The molecule has 7 heteroatoms.